The van der Waals surface area contributed by atoms with Crippen LogP contribution in [0.15, 0.2) is 34.6 Å². The molecule has 3 rings (SSSR count). The largest absolute Gasteiger partial charge is 1.00 e. The molecular weight excluding hydrogens is 329 g/mol. The lowest BCUT2D eigenvalue weighted by Gasteiger charge is -2.00. The third-order valence-corrected chi connectivity index (χ3v) is 3.53. The average Bonchev–Trinajstić information content (AvgIpc) is 3.02. The summed E-state index contributed by atoms with van der Waals surface area (Å²) in [5, 5.41) is 6.03. The van der Waals surface area contributed by atoms with Gasteiger partial charge in [-0.25, -0.2) is 9.37 Å². The summed E-state index contributed by atoms with van der Waals surface area (Å²) in [5.74, 6) is 0.780. The van der Waals surface area contributed by atoms with Gasteiger partial charge in [-0.3, -0.25) is 4.99 Å². The smallest absolute Gasteiger partial charge is 0.188 e. The Kier molecular flexibility index (Phi) is 4.66. The van der Waals surface area contributed by atoms with E-state index in [1.807, 2.05) is 5.38 Å². The van der Waals surface area contributed by atoms with E-state index in [2.05, 4.69) is 15.3 Å². The molecule has 0 aliphatic carbocycles. The number of halogens is 2. The molecule has 1 aromatic carbocycles. The van der Waals surface area contributed by atoms with Gasteiger partial charge in [-0.05, 0) is 30.7 Å². The number of rotatable bonds is 2. The van der Waals surface area contributed by atoms with Crippen molar-refractivity contribution in [2.45, 2.75) is 12.8 Å². The van der Waals surface area contributed by atoms with Crippen LogP contribution in [0.25, 0.3) is 11.3 Å². The highest BCUT2D eigenvalue weighted by atomic mass is 79.9. The third-order valence-electron chi connectivity index (χ3n) is 2.77. The predicted molar refractivity (Wildman–Crippen MR) is 72.7 cm³/mol. The Balaban J connectivity index is 0.00000133. The van der Waals surface area contributed by atoms with Crippen LogP contribution in [0.3, 0.4) is 0 Å². The molecule has 0 saturated carbocycles. The summed E-state index contributed by atoms with van der Waals surface area (Å²) in [6.45, 7) is 0.901. The molecule has 6 heteroatoms. The van der Waals surface area contributed by atoms with Crippen LogP contribution in [-0.4, -0.2) is 17.4 Å². The van der Waals surface area contributed by atoms with E-state index >= 15 is 0 Å². The van der Waals surface area contributed by atoms with E-state index in [1.54, 1.807) is 12.1 Å². The van der Waals surface area contributed by atoms with Crippen molar-refractivity contribution >= 4 is 22.3 Å². The predicted octanol–water partition coefficient (Wildman–Crippen LogP) is 0.557. The van der Waals surface area contributed by atoms with Crippen molar-refractivity contribution in [3.8, 4) is 11.3 Å². The standard InChI is InChI=1S/C13H12FN3S.BrH/c14-10-5-3-9(4-6-10)11-8-18-13(16-11)17-12-2-1-7-15-12;/h3-6,8H,1-2,7H2,(H,15,16,17);1H/p-1. The quantitative estimate of drug-likeness (QED) is 0.867. The van der Waals surface area contributed by atoms with Crippen molar-refractivity contribution in [1.29, 1.82) is 0 Å². The van der Waals surface area contributed by atoms with Gasteiger partial charge in [0.05, 0.1) is 5.69 Å². The molecule has 0 amide bonds. The number of nitrogens with one attached hydrogen (secondary N) is 1. The summed E-state index contributed by atoms with van der Waals surface area (Å²) < 4.78 is 12.8. The van der Waals surface area contributed by atoms with E-state index in [4.69, 9.17) is 0 Å². The number of amidine groups is 1. The molecule has 1 N–H and O–H groups in total. The van der Waals surface area contributed by atoms with E-state index < -0.39 is 0 Å². The minimum absolute atomic E-state index is 0. The van der Waals surface area contributed by atoms with Gasteiger partial charge in [-0.1, -0.05) is 0 Å². The van der Waals surface area contributed by atoms with E-state index in [0.29, 0.717) is 0 Å². The van der Waals surface area contributed by atoms with Gasteiger partial charge in [0.15, 0.2) is 5.13 Å². The molecule has 3 nitrogen and oxygen atoms in total. The van der Waals surface area contributed by atoms with E-state index in [0.717, 1.165) is 41.6 Å². The van der Waals surface area contributed by atoms with Crippen LogP contribution < -0.4 is 22.3 Å². The van der Waals surface area contributed by atoms with E-state index in [-0.39, 0.29) is 22.8 Å². The maximum atomic E-state index is 12.8. The highest BCUT2D eigenvalue weighted by molar-refractivity contribution is 7.14. The molecule has 0 bridgehead atoms. The molecule has 100 valence electrons. The topological polar surface area (TPSA) is 37.3 Å². The lowest BCUT2D eigenvalue weighted by molar-refractivity contribution is -0.00000425. The second-order valence-corrected chi connectivity index (χ2v) is 4.96. The van der Waals surface area contributed by atoms with Crippen LogP contribution >= 0.6 is 11.3 Å². The Morgan fingerprint density at radius 2 is 2.00 bits per heavy atom. The molecule has 19 heavy (non-hydrogen) atoms. The highest BCUT2D eigenvalue weighted by Crippen LogP contribution is 2.25. The number of anilines is 1. The number of benzene rings is 1. The van der Waals surface area contributed by atoms with E-state index in [9.17, 15) is 4.39 Å². The highest BCUT2D eigenvalue weighted by Gasteiger charge is 2.09. The molecule has 1 aromatic heterocycles. The fourth-order valence-corrected chi connectivity index (χ4v) is 2.59. The molecule has 0 unspecified atom stereocenters. The van der Waals surface area contributed by atoms with Gasteiger partial charge >= 0.3 is 0 Å². The molecule has 0 fully saturated rings. The first-order chi connectivity index (χ1) is 8.81. The normalized spacial score (nSPS) is 13.8. The van der Waals surface area contributed by atoms with Crippen molar-refractivity contribution in [3.63, 3.8) is 0 Å². The van der Waals surface area contributed by atoms with Crippen molar-refractivity contribution in [3.05, 3.63) is 35.5 Å². The van der Waals surface area contributed by atoms with Crippen LogP contribution in [0, 0.1) is 5.82 Å². The number of thiazole rings is 1. The lowest BCUT2D eigenvalue weighted by atomic mass is 10.2. The first-order valence-corrected chi connectivity index (χ1v) is 6.71. The summed E-state index contributed by atoms with van der Waals surface area (Å²) in [5.41, 5.74) is 1.79. The molecule has 1 aliphatic rings. The van der Waals surface area contributed by atoms with Gasteiger partial charge in [-0.15, -0.1) is 11.3 Å². The van der Waals surface area contributed by atoms with Crippen molar-refractivity contribution in [1.82, 2.24) is 4.98 Å². The number of hydrogen-bond donors (Lipinski definition) is 1. The maximum absolute atomic E-state index is 12.8. The van der Waals surface area contributed by atoms with E-state index in [1.165, 1.54) is 23.5 Å². The van der Waals surface area contributed by atoms with Gasteiger partial charge in [-0.2, -0.15) is 0 Å². The van der Waals surface area contributed by atoms with Crippen molar-refractivity contribution in [2.75, 3.05) is 11.9 Å². The lowest BCUT2D eigenvalue weighted by Crippen LogP contribution is -3.00. The molecule has 0 spiro atoms. The maximum Gasteiger partial charge on any atom is 0.188 e. The zero-order chi connectivity index (χ0) is 12.4. The second kappa shape index (κ2) is 6.25. The summed E-state index contributed by atoms with van der Waals surface area (Å²) in [6, 6.07) is 6.37. The van der Waals surface area contributed by atoms with Crippen LogP contribution in [0.1, 0.15) is 12.8 Å². The Morgan fingerprint density at radius 1 is 1.21 bits per heavy atom. The van der Waals surface area contributed by atoms with Gasteiger partial charge < -0.3 is 22.3 Å². The zero-order valence-electron chi connectivity index (χ0n) is 10.1. The number of aliphatic imine (C=N–C) groups is 1. The Hall–Kier alpha value is -1.27. The monoisotopic (exact) mass is 340 g/mol. The molecule has 1 aliphatic heterocycles. The van der Waals surface area contributed by atoms with Crippen LogP contribution in [0.4, 0.5) is 9.52 Å². The number of aromatic nitrogens is 1. The Morgan fingerprint density at radius 3 is 2.68 bits per heavy atom. The second-order valence-electron chi connectivity index (χ2n) is 4.10. The fourth-order valence-electron chi connectivity index (χ4n) is 1.85. The molecule has 0 radical (unpaired) electrons. The average molecular weight is 341 g/mol. The number of nitrogens with zero attached hydrogens (tertiary/aromatic N) is 2. The zero-order valence-corrected chi connectivity index (χ0v) is 12.5. The summed E-state index contributed by atoms with van der Waals surface area (Å²) in [4.78, 5) is 8.82. The fraction of sp³-hybridized carbons (Fsp3) is 0.231. The first-order valence-electron chi connectivity index (χ1n) is 5.83. The summed E-state index contributed by atoms with van der Waals surface area (Å²) >= 11 is 1.54. The molecule has 0 atom stereocenters. The van der Waals surface area contributed by atoms with Crippen LogP contribution in [0.5, 0.6) is 0 Å². The molecular formula is C13H12BrFN3S-. The summed E-state index contributed by atoms with van der Waals surface area (Å²) in [7, 11) is 0. The summed E-state index contributed by atoms with van der Waals surface area (Å²) in [6.07, 6.45) is 2.10. The van der Waals surface area contributed by atoms with Crippen LogP contribution in [-0.2, 0) is 0 Å². The van der Waals surface area contributed by atoms with Crippen molar-refractivity contribution in [2.24, 2.45) is 4.99 Å². The Labute approximate surface area is 125 Å². The minimum atomic E-state index is -0.229. The first kappa shape index (κ1) is 14.1. The van der Waals surface area contributed by atoms with Gasteiger partial charge in [0.25, 0.3) is 0 Å². The van der Waals surface area contributed by atoms with Gasteiger partial charge in [0.2, 0.25) is 0 Å². The van der Waals surface area contributed by atoms with Gasteiger partial charge in [0.1, 0.15) is 11.7 Å². The third kappa shape index (κ3) is 3.39. The minimum Gasteiger partial charge on any atom is -1.00 e. The Bertz CT molecular complexity index is 580. The van der Waals surface area contributed by atoms with Crippen LogP contribution in [0.2, 0.25) is 0 Å². The van der Waals surface area contributed by atoms with Crippen molar-refractivity contribution < 1.29 is 21.4 Å². The molecule has 0 saturated heterocycles. The SMILES string of the molecule is Fc1ccc(-c2csc(NC3=NCCC3)n2)cc1.[Br-]. The van der Waals surface area contributed by atoms with Gasteiger partial charge in [0, 0.05) is 23.9 Å². The molecule has 2 heterocycles. The number of hydrogen-bond acceptors (Lipinski definition) is 4. The molecule has 2 aromatic rings.